The minimum absolute atomic E-state index is 0.0626. The first kappa shape index (κ1) is 20.4. The van der Waals surface area contributed by atoms with Gasteiger partial charge in [0.15, 0.2) is 0 Å². The maximum absolute atomic E-state index is 12.4. The van der Waals surface area contributed by atoms with Crippen molar-refractivity contribution in [3.05, 3.63) is 33.3 Å². The molecule has 132 valence electrons. The number of carbonyl (C=O) groups excluding carboxylic acids is 2. The van der Waals surface area contributed by atoms with E-state index in [0.29, 0.717) is 15.1 Å². The van der Waals surface area contributed by atoms with E-state index < -0.39 is 24.0 Å². The number of amides is 2. The Balaban J connectivity index is 2.92. The molecular weight excluding hydrogens is 400 g/mol. The second-order valence-corrected chi connectivity index (χ2v) is 7.05. The van der Waals surface area contributed by atoms with E-state index >= 15 is 0 Å². The predicted octanol–water partition coefficient (Wildman–Crippen LogP) is 2.38. The molecule has 0 aliphatic rings. The number of carbonyl (C=O) groups is 3. The summed E-state index contributed by atoms with van der Waals surface area (Å²) in [5, 5.41) is 14.9. The lowest BCUT2D eigenvalue weighted by Gasteiger charge is -2.23. The number of halogens is 2. The highest BCUT2D eigenvalue weighted by Gasteiger charge is 2.28. The quantitative estimate of drug-likeness (QED) is 0.632. The molecule has 24 heavy (non-hydrogen) atoms. The SMILES string of the molecule is CC(=O)N[C@@H](C(=O)N[C@H](Cc1cc(Cl)ccc1Br)C(=O)O)C(C)C. The predicted molar refractivity (Wildman–Crippen MR) is 94.9 cm³/mol. The highest BCUT2D eigenvalue weighted by molar-refractivity contribution is 9.10. The molecule has 0 fully saturated rings. The van der Waals surface area contributed by atoms with E-state index in [1.807, 2.05) is 0 Å². The van der Waals surface area contributed by atoms with Crippen LogP contribution in [0, 0.1) is 5.92 Å². The number of hydrogen-bond acceptors (Lipinski definition) is 3. The van der Waals surface area contributed by atoms with Crippen molar-refractivity contribution >= 4 is 45.3 Å². The molecule has 0 radical (unpaired) electrons. The molecule has 0 saturated carbocycles. The van der Waals surface area contributed by atoms with Crippen LogP contribution in [-0.4, -0.2) is 35.0 Å². The first-order valence-corrected chi connectivity index (χ1v) is 8.53. The molecular formula is C16H20BrClN2O4. The summed E-state index contributed by atoms with van der Waals surface area (Å²) in [6.45, 7) is 4.84. The Hall–Kier alpha value is -1.60. The Morgan fingerprint density at radius 2 is 1.88 bits per heavy atom. The van der Waals surface area contributed by atoms with E-state index in [4.69, 9.17) is 11.6 Å². The van der Waals surface area contributed by atoms with Gasteiger partial charge in [0.2, 0.25) is 11.8 Å². The van der Waals surface area contributed by atoms with E-state index in [1.165, 1.54) is 6.92 Å². The monoisotopic (exact) mass is 418 g/mol. The summed E-state index contributed by atoms with van der Waals surface area (Å²) >= 11 is 9.27. The Morgan fingerprint density at radius 3 is 2.38 bits per heavy atom. The van der Waals surface area contributed by atoms with Crippen LogP contribution in [0.4, 0.5) is 0 Å². The molecule has 1 rings (SSSR count). The molecule has 2 atom stereocenters. The fraction of sp³-hybridized carbons (Fsp3) is 0.438. The van der Waals surface area contributed by atoms with Crippen LogP contribution < -0.4 is 10.6 Å². The van der Waals surface area contributed by atoms with E-state index in [-0.39, 0.29) is 18.2 Å². The van der Waals surface area contributed by atoms with Crippen LogP contribution in [0.1, 0.15) is 26.3 Å². The molecule has 0 aromatic heterocycles. The van der Waals surface area contributed by atoms with Crippen LogP contribution >= 0.6 is 27.5 Å². The second kappa shape index (κ2) is 9.03. The third kappa shape index (κ3) is 6.13. The summed E-state index contributed by atoms with van der Waals surface area (Å²) in [6.07, 6.45) is 0.0626. The molecule has 0 spiro atoms. The Kier molecular flexibility index (Phi) is 7.69. The number of aliphatic carboxylic acids is 1. The molecule has 8 heteroatoms. The highest BCUT2D eigenvalue weighted by atomic mass is 79.9. The fourth-order valence-corrected chi connectivity index (χ4v) is 2.74. The molecule has 0 aliphatic heterocycles. The highest BCUT2D eigenvalue weighted by Crippen LogP contribution is 2.22. The zero-order valence-electron chi connectivity index (χ0n) is 13.6. The van der Waals surface area contributed by atoms with Gasteiger partial charge in [0.1, 0.15) is 12.1 Å². The number of rotatable bonds is 7. The summed E-state index contributed by atoms with van der Waals surface area (Å²) < 4.78 is 0.703. The van der Waals surface area contributed by atoms with Gasteiger partial charge in [0, 0.05) is 22.8 Å². The smallest absolute Gasteiger partial charge is 0.326 e. The summed E-state index contributed by atoms with van der Waals surface area (Å²) in [5.41, 5.74) is 0.663. The van der Waals surface area contributed by atoms with Gasteiger partial charge in [-0.15, -0.1) is 0 Å². The van der Waals surface area contributed by atoms with Gasteiger partial charge in [-0.1, -0.05) is 41.4 Å². The molecule has 0 bridgehead atoms. The van der Waals surface area contributed by atoms with Gasteiger partial charge in [-0.2, -0.15) is 0 Å². The lowest BCUT2D eigenvalue weighted by Crippen LogP contribution is -2.53. The van der Waals surface area contributed by atoms with Gasteiger partial charge >= 0.3 is 5.97 Å². The van der Waals surface area contributed by atoms with Gasteiger partial charge in [-0.05, 0) is 29.7 Å². The molecule has 1 aromatic carbocycles. The van der Waals surface area contributed by atoms with E-state index in [2.05, 4.69) is 26.6 Å². The maximum Gasteiger partial charge on any atom is 0.326 e. The third-order valence-electron chi connectivity index (χ3n) is 3.35. The molecule has 2 amide bonds. The molecule has 1 aromatic rings. The van der Waals surface area contributed by atoms with Crippen molar-refractivity contribution in [2.75, 3.05) is 0 Å². The van der Waals surface area contributed by atoms with Crippen molar-refractivity contribution in [3.8, 4) is 0 Å². The molecule has 0 heterocycles. The molecule has 3 N–H and O–H groups in total. The average Bonchev–Trinajstić information content (AvgIpc) is 2.46. The second-order valence-electron chi connectivity index (χ2n) is 5.76. The lowest BCUT2D eigenvalue weighted by molar-refractivity contribution is -0.142. The normalized spacial score (nSPS) is 13.2. The summed E-state index contributed by atoms with van der Waals surface area (Å²) in [5.74, 6) is -2.24. The minimum atomic E-state index is -1.17. The fourth-order valence-electron chi connectivity index (χ4n) is 2.14. The van der Waals surface area contributed by atoms with E-state index in [9.17, 15) is 19.5 Å². The molecule has 0 aliphatic carbocycles. The van der Waals surface area contributed by atoms with Gasteiger partial charge in [0.25, 0.3) is 0 Å². The van der Waals surface area contributed by atoms with Crippen molar-refractivity contribution in [3.63, 3.8) is 0 Å². The Morgan fingerprint density at radius 1 is 1.25 bits per heavy atom. The third-order valence-corrected chi connectivity index (χ3v) is 4.36. The Labute approximate surface area is 154 Å². The van der Waals surface area contributed by atoms with Crippen LogP contribution in [0.15, 0.2) is 22.7 Å². The van der Waals surface area contributed by atoms with Crippen molar-refractivity contribution in [2.45, 2.75) is 39.3 Å². The maximum atomic E-state index is 12.4. The number of nitrogens with one attached hydrogen (secondary N) is 2. The van der Waals surface area contributed by atoms with E-state index in [0.717, 1.165) is 0 Å². The topological polar surface area (TPSA) is 95.5 Å². The van der Waals surface area contributed by atoms with E-state index in [1.54, 1.807) is 32.0 Å². The zero-order chi connectivity index (χ0) is 18.4. The van der Waals surface area contributed by atoms with Crippen LogP contribution in [-0.2, 0) is 20.8 Å². The van der Waals surface area contributed by atoms with Gasteiger partial charge in [-0.25, -0.2) is 4.79 Å². The summed E-state index contributed by atoms with van der Waals surface area (Å²) in [6, 6.07) is 3.10. The largest absolute Gasteiger partial charge is 0.480 e. The minimum Gasteiger partial charge on any atom is -0.480 e. The van der Waals surface area contributed by atoms with Crippen molar-refractivity contribution in [1.82, 2.24) is 10.6 Å². The van der Waals surface area contributed by atoms with Crippen LogP contribution in [0.25, 0.3) is 0 Å². The van der Waals surface area contributed by atoms with Crippen LogP contribution in [0.2, 0.25) is 5.02 Å². The van der Waals surface area contributed by atoms with Crippen molar-refractivity contribution < 1.29 is 19.5 Å². The van der Waals surface area contributed by atoms with Gasteiger partial charge in [0.05, 0.1) is 0 Å². The van der Waals surface area contributed by atoms with Gasteiger partial charge < -0.3 is 15.7 Å². The molecule has 0 saturated heterocycles. The Bertz CT molecular complexity index is 637. The zero-order valence-corrected chi connectivity index (χ0v) is 15.9. The summed E-state index contributed by atoms with van der Waals surface area (Å²) in [4.78, 5) is 35.1. The molecule has 6 nitrogen and oxygen atoms in total. The van der Waals surface area contributed by atoms with Gasteiger partial charge in [-0.3, -0.25) is 9.59 Å². The van der Waals surface area contributed by atoms with Crippen LogP contribution in [0.3, 0.4) is 0 Å². The van der Waals surface area contributed by atoms with Crippen molar-refractivity contribution in [2.24, 2.45) is 5.92 Å². The summed E-state index contributed by atoms with van der Waals surface area (Å²) in [7, 11) is 0. The molecule has 0 unspecified atom stereocenters. The number of carboxylic acid groups (broad SMARTS) is 1. The van der Waals surface area contributed by atoms with Crippen LogP contribution in [0.5, 0.6) is 0 Å². The first-order chi connectivity index (χ1) is 11.1. The average molecular weight is 420 g/mol. The number of carboxylic acids is 1. The number of hydrogen-bond donors (Lipinski definition) is 3. The lowest BCUT2D eigenvalue weighted by atomic mass is 10.0. The first-order valence-electron chi connectivity index (χ1n) is 7.36. The van der Waals surface area contributed by atoms with Crippen molar-refractivity contribution in [1.29, 1.82) is 0 Å². The number of benzene rings is 1. The standard InChI is InChI=1S/C16H20BrClN2O4/c1-8(2)14(19-9(3)21)15(22)20-13(16(23)24)7-10-6-11(18)4-5-12(10)17/h4-6,8,13-14H,7H2,1-3H3,(H,19,21)(H,20,22)(H,23,24)/t13-,14-/m1/s1.